The lowest BCUT2D eigenvalue weighted by Gasteiger charge is -2.51. The first-order chi connectivity index (χ1) is 25.1. The summed E-state index contributed by atoms with van der Waals surface area (Å²) in [7, 11) is -4.39. The summed E-state index contributed by atoms with van der Waals surface area (Å²) in [5.41, 5.74) is 18.9. The van der Waals surface area contributed by atoms with Gasteiger partial charge in [0.15, 0.2) is 0 Å². The molecular weight excluding hydrogens is 810 g/mol. The van der Waals surface area contributed by atoms with Crippen molar-refractivity contribution in [2.24, 2.45) is 22.3 Å². The maximum atomic E-state index is 15.6. The van der Waals surface area contributed by atoms with E-state index in [4.69, 9.17) is 11.5 Å². The molecule has 0 radical (unpaired) electrons. The number of rotatable bonds is 14. The van der Waals surface area contributed by atoms with E-state index in [-0.39, 0.29) is 33.5 Å². The fourth-order valence-corrected chi connectivity index (χ4v) is 11.6. The zero-order valence-corrected chi connectivity index (χ0v) is 38.8. The Morgan fingerprint density at radius 1 is 0.600 bits per heavy atom. The van der Waals surface area contributed by atoms with Crippen LogP contribution in [0.15, 0.2) is 72.8 Å². The first-order valence-electron chi connectivity index (χ1n) is 19.4. The van der Waals surface area contributed by atoms with Gasteiger partial charge in [0.05, 0.1) is 0 Å². The van der Waals surface area contributed by atoms with E-state index in [1.54, 1.807) is 12.1 Å². The molecule has 0 heterocycles. The topological polar surface area (TPSA) is 103 Å². The normalized spacial score (nSPS) is 14.1. The molecule has 296 valence electrons. The Labute approximate surface area is 345 Å². The second-order valence-corrected chi connectivity index (χ2v) is 22.6. The SMILES string of the molecule is Cc1cc(C)c(C(=O)P(=O)(C(=O)c2c(C)cc(C)cc2C)c2ccc(C(CC(C)(C)C(C)(C)C(CC(C)(C)N)c3ccc(I)cc3)C(C)(C)N)cc2)c(C)c1. The lowest BCUT2D eigenvalue weighted by atomic mass is 9.54. The largest absolute Gasteiger partial charge is 0.326 e. The molecule has 0 amide bonds. The number of carbonyl (C=O) groups excluding carboxylic acids is 2. The molecule has 4 aromatic carbocycles. The van der Waals surface area contributed by atoms with Crippen LogP contribution in [0.3, 0.4) is 0 Å². The van der Waals surface area contributed by atoms with E-state index >= 15 is 4.57 Å². The van der Waals surface area contributed by atoms with E-state index in [1.165, 1.54) is 9.13 Å². The second-order valence-electron chi connectivity index (χ2n) is 18.8. The lowest BCUT2D eigenvalue weighted by molar-refractivity contribution is 0.0411. The zero-order chi connectivity index (χ0) is 41.6. The average Bonchev–Trinajstić information content (AvgIpc) is 3.04. The molecule has 4 N–H and O–H groups in total. The van der Waals surface area contributed by atoms with Crippen molar-refractivity contribution < 1.29 is 14.2 Å². The summed E-state index contributed by atoms with van der Waals surface area (Å²) in [5.74, 6) is 0.0711. The summed E-state index contributed by atoms with van der Waals surface area (Å²) >= 11 is 2.35. The summed E-state index contributed by atoms with van der Waals surface area (Å²) in [6.45, 7) is 29.0. The molecule has 0 bridgehead atoms. The third-order valence-corrected chi connectivity index (χ3v) is 15.6. The number of hydrogen-bond donors (Lipinski definition) is 2. The molecule has 0 aromatic heterocycles. The highest BCUT2D eigenvalue weighted by atomic mass is 127. The number of carbonyl (C=O) groups is 2. The molecule has 0 aliphatic heterocycles. The number of halogens is 1. The van der Waals surface area contributed by atoms with Crippen LogP contribution in [-0.4, -0.2) is 22.1 Å². The van der Waals surface area contributed by atoms with Gasteiger partial charge in [0.25, 0.3) is 0 Å². The highest BCUT2D eigenvalue weighted by Crippen LogP contribution is 2.57. The number of hydrogen-bond acceptors (Lipinski definition) is 5. The standard InChI is InChI=1S/C48H64IN2O3P/c1-29-23-31(3)41(32(4)24-29)43(52)55(54,44(53)42-33(5)25-30(2)26-34(42)6)38-21-17-36(18-22-38)40(48(13,14)51)27-45(7,8)47(11,12)39(28-46(9,10)50)35-15-19-37(49)20-16-35/h15-26,39-40H,27-28,50-51H2,1-14H3. The Balaban J connectivity index is 1.85. The van der Waals surface area contributed by atoms with E-state index in [1.807, 2.05) is 77.9 Å². The van der Waals surface area contributed by atoms with Crippen molar-refractivity contribution >= 4 is 46.1 Å². The minimum atomic E-state index is -4.39. The van der Waals surface area contributed by atoms with Crippen molar-refractivity contribution in [3.05, 3.63) is 132 Å². The molecule has 7 heteroatoms. The molecular formula is C48H64IN2O3P. The molecule has 0 aliphatic rings. The Morgan fingerprint density at radius 3 is 1.33 bits per heavy atom. The van der Waals surface area contributed by atoms with Gasteiger partial charge in [0.1, 0.15) is 0 Å². The molecule has 55 heavy (non-hydrogen) atoms. The van der Waals surface area contributed by atoms with Gasteiger partial charge >= 0.3 is 0 Å². The number of nitrogens with two attached hydrogens (primary N) is 2. The quantitative estimate of drug-likeness (QED) is 0.0970. The number of benzene rings is 4. The van der Waals surface area contributed by atoms with Crippen molar-refractivity contribution in [1.82, 2.24) is 0 Å². The highest BCUT2D eigenvalue weighted by Gasteiger charge is 2.48. The molecule has 0 fully saturated rings. The van der Waals surface area contributed by atoms with Crippen LogP contribution in [0.1, 0.15) is 145 Å². The van der Waals surface area contributed by atoms with E-state index in [0.717, 1.165) is 29.5 Å². The summed E-state index contributed by atoms with van der Waals surface area (Å²) in [4.78, 5) is 29.6. The summed E-state index contributed by atoms with van der Waals surface area (Å²) < 4.78 is 16.8. The van der Waals surface area contributed by atoms with Crippen molar-refractivity contribution in [2.45, 2.75) is 133 Å². The Morgan fingerprint density at radius 2 is 0.964 bits per heavy atom. The third-order valence-electron chi connectivity index (χ3n) is 12.2. The van der Waals surface area contributed by atoms with Gasteiger partial charge in [-0.15, -0.1) is 0 Å². The maximum absolute atomic E-state index is 15.6. The van der Waals surface area contributed by atoms with Gasteiger partial charge in [0, 0.05) is 37.0 Å². The monoisotopic (exact) mass is 874 g/mol. The fourth-order valence-electron chi connectivity index (χ4n) is 8.66. The first kappa shape index (κ1) is 44.8. The highest BCUT2D eigenvalue weighted by molar-refractivity contribution is 14.1. The molecule has 0 saturated carbocycles. The molecule has 4 rings (SSSR count). The smallest absolute Gasteiger partial charge is 0.248 e. The summed E-state index contributed by atoms with van der Waals surface area (Å²) in [5, 5.41) is 0.238. The predicted octanol–water partition coefficient (Wildman–Crippen LogP) is 12.0. The van der Waals surface area contributed by atoms with Crippen LogP contribution in [0.5, 0.6) is 0 Å². The van der Waals surface area contributed by atoms with Gasteiger partial charge in [-0.2, -0.15) is 0 Å². The Kier molecular flexibility index (Phi) is 13.2. The van der Waals surface area contributed by atoms with Crippen LogP contribution >= 0.6 is 29.7 Å². The van der Waals surface area contributed by atoms with Gasteiger partial charge in [-0.1, -0.05) is 99.5 Å². The van der Waals surface area contributed by atoms with Crippen LogP contribution in [0.4, 0.5) is 0 Å². The molecule has 5 nitrogen and oxygen atoms in total. The van der Waals surface area contributed by atoms with Gasteiger partial charge in [-0.05, 0) is 167 Å². The van der Waals surface area contributed by atoms with Crippen LogP contribution in [0.2, 0.25) is 0 Å². The van der Waals surface area contributed by atoms with Crippen LogP contribution < -0.4 is 16.8 Å². The Hall–Kier alpha value is -2.90. The summed E-state index contributed by atoms with van der Waals surface area (Å²) in [6.07, 6.45) is 1.57. The van der Waals surface area contributed by atoms with Crippen molar-refractivity contribution in [3.63, 3.8) is 0 Å². The van der Waals surface area contributed by atoms with Crippen molar-refractivity contribution in [1.29, 1.82) is 0 Å². The van der Waals surface area contributed by atoms with E-state index < -0.39 is 23.7 Å². The minimum absolute atomic E-state index is 0.104. The van der Waals surface area contributed by atoms with E-state index in [2.05, 4.69) is 102 Å². The third kappa shape index (κ3) is 9.46. The van der Waals surface area contributed by atoms with Crippen LogP contribution in [0, 0.1) is 55.9 Å². The zero-order valence-electron chi connectivity index (χ0n) is 35.7. The van der Waals surface area contributed by atoms with Crippen LogP contribution in [-0.2, 0) is 4.57 Å². The van der Waals surface area contributed by atoms with Gasteiger partial charge < -0.3 is 16.0 Å². The fraction of sp³-hybridized carbons (Fsp3) is 0.458. The van der Waals surface area contributed by atoms with Crippen LogP contribution in [0.25, 0.3) is 0 Å². The molecule has 0 spiro atoms. The van der Waals surface area contributed by atoms with Gasteiger partial charge in [-0.3, -0.25) is 9.59 Å². The van der Waals surface area contributed by atoms with Crippen molar-refractivity contribution in [3.8, 4) is 0 Å². The lowest BCUT2D eigenvalue weighted by Crippen LogP contribution is -2.47. The maximum Gasteiger partial charge on any atom is 0.248 e. The molecule has 4 aromatic rings. The van der Waals surface area contributed by atoms with Crippen molar-refractivity contribution in [2.75, 3.05) is 0 Å². The average molecular weight is 875 g/mol. The minimum Gasteiger partial charge on any atom is -0.326 e. The second kappa shape index (κ2) is 16.2. The molecule has 0 saturated heterocycles. The first-order valence-corrected chi connectivity index (χ1v) is 22.2. The predicted molar refractivity (Wildman–Crippen MR) is 242 cm³/mol. The molecule has 2 atom stereocenters. The Bertz CT molecular complexity index is 2000. The number of aryl methyl sites for hydroxylation is 6. The molecule has 0 aliphatic carbocycles. The van der Waals surface area contributed by atoms with E-state index in [9.17, 15) is 9.59 Å². The van der Waals surface area contributed by atoms with Gasteiger partial charge in [0.2, 0.25) is 18.2 Å². The summed E-state index contributed by atoms with van der Waals surface area (Å²) in [6, 6.07) is 23.8. The van der Waals surface area contributed by atoms with E-state index in [0.29, 0.717) is 33.4 Å². The molecule has 2 unspecified atom stereocenters. The van der Waals surface area contributed by atoms with Gasteiger partial charge in [-0.25, -0.2) is 0 Å².